The fraction of sp³-hybridized carbons (Fsp3) is 0.167. The third-order valence-corrected chi connectivity index (χ3v) is 3.87. The van der Waals surface area contributed by atoms with Crippen LogP contribution < -0.4 is 10.9 Å². The molecule has 2 aromatic carbocycles. The van der Waals surface area contributed by atoms with Gasteiger partial charge in [-0.25, -0.2) is 9.78 Å². The number of amides is 1. The van der Waals surface area contributed by atoms with Gasteiger partial charge in [0.25, 0.3) is 5.56 Å². The first-order valence-electron chi connectivity index (χ1n) is 7.56. The van der Waals surface area contributed by atoms with E-state index in [1.54, 1.807) is 25.1 Å². The predicted octanol–water partition coefficient (Wildman–Crippen LogP) is 3.02. The van der Waals surface area contributed by atoms with E-state index in [4.69, 9.17) is 5.11 Å². The summed E-state index contributed by atoms with van der Waals surface area (Å²) in [5, 5.41) is 11.9. The molecule has 1 aromatic heterocycles. The number of carbonyl (C=O) groups is 1. The van der Waals surface area contributed by atoms with E-state index in [0.717, 1.165) is 5.56 Å². The lowest BCUT2D eigenvalue weighted by molar-refractivity contribution is 0.190. The number of fused-ring (bicyclic) bond motifs is 1. The molecule has 0 aliphatic heterocycles. The van der Waals surface area contributed by atoms with Crippen molar-refractivity contribution >= 4 is 17.0 Å². The number of benzene rings is 2. The Bertz CT molecular complexity index is 964. The Morgan fingerprint density at radius 2 is 1.88 bits per heavy atom. The minimum Gasteiger partial charge on any atom is -0.465 e. The highest BCUT2D eigenvalue weighted by Crippen LogP contribution is 2.19. The van der Waals surface area contributed by atoms with Crippen molar-refractivity contribution < 1.29 is 9.90 Å². The summed E-state index contributed by atoms with van der Waals surface area (Å²) in [4.78, 5) is 28.7. The molecule has 3 rings (SSSR count). The molecule has 1 heterocycles. The van der Waals surface area contributed by atoms with Crippen molar-refractivity contribution in [2.45, 2.75) is 19.9 Å². The number of nitrogens with one attached hydrogen (secondary N) is 1. The van der Waals surface area contributed by atoms with Gasteiger partial charge >= 0.3 is 6.09 Å². The van der Waals surface area contributed by atoms with E-state index in [9.17, 15) is 9.59 Å². The number of hydrogen-bond donors (Lipinski definition) is 2. The van der Waals surface area contributed by atoms with E-state index in [-0.39, 0.29) is 5.56 Å². The molecule has 0 saturated carbocycles. The standard InChI is InChI=1S/C18H17N3O3/c1-11-7-6-10-14-15(11)17(22)21(13-8-4-3-5-9-13)16(20-14)12(2)19-18(23)24/h3-10,12,19H,1-2H3,(H,23,24). The SMILES string of the molecule is Cc1cccc2nc(C(C)NC(=O)O)n(-c3ccccc3)c(=O)c12. The number of rotatable bonds is 3. The summed E-state index contributed by atoms with van der Waals surface area (Å²) in [6.07, 6.45) is -1.17. The van der Waals surface area contributed by atoms with Gasteiger partial charge in [-0.3, -0.25) is 9.36 Å². The predicted molar refractivity (Wildman–Crippen MR) is 91.7 cm³/mol. The molecular weight excluding hydrogens is 306 g/mol. The molecule has 122 valence electrons. The van der Waals surface area contributed by atoms with Gasteiger partial charge in [-0.2, -0.15) is 0 Å². The molecule has 3 aromatic rings. The lowest BCUT2D eigenvalue weighted by Gasteiger charge is -2.19. The van der Waals surface area contributed by atoms with Gasteiger partial charge in [-0.15, -0.1) is 0 Å². The average Bonchev–Trinajstić information content (AvgIpc) is 2.54. The minimum absolute atomic E-state index is 0.210. The molecule has 24 heavy (non-hydrogen) atoms. The van der Waals surface area contributed by atoms with Gasteiger partial charge in [-0.1, -0.05) is 30.3 Å². The number of aromatic nitrogens is 2. The molecule has 1 amide bonds. The van der Waals surface area contributed by atoms with E-state index in [1.165, 1.54) is 4.57 Å². The zero-order valence-electron chi connectivity index (χ0n) is 13.4. The molecule has 0 bridgehead atoms. The number of hydrogen-bond acceptors (Lipinski definition) is 3. The van der Waals surface area contributed by atoms with Gasteiger partial charge in [0.2, 0.25) is 0 Å². The van der Waals surface area contributed by atoms with Gasteiger partial charge in [-0.05, 0) is 37.6 Å². The Morgan fingerprint density at radius 1 is 1.17 bits per heavy atom. The molecule has 2 N–H and O–H groups in total. The van der Waals surface area contributed by atoms with Gasteiger partial charge in [0, 0.05) is 0 Å². The topological polar surface area (TPSA) is 84.2 Å². The van der Waals surface area contributed by atoms with Crippen LogP contribution in [0.25, 0.3) is 16.6 Å². The Balaban J connectivity index is 2.37. The normalized spacial score (nSPS) is 12.1. The third kappa shape index (κ3) is 2.74. The van der Waals surface area contributed by atoms with Gasteiger partial charge < -0.3 is 10.4 Å². The maximum absolute atomic E-state index is 13.1. The first-order chi connectivity index (χ1) is 11.5. The summed E-state index contributed by atoms with van der Waals surface area (Å²) >= 11 is 0. The van der Waals surface area contributed by atoms with Crippen molar-refractivity contribution in [3.63, 3.8) is 0 Å². The third-order valence-electron chi connectivity index (χ3n) is 3.87. The minimum atomic E-state index is -1.17. The monoisotopic (exact) mass is 323 g/mol. The van der Waals surface area contributed by atoms with Crippen LogP contribution in [0.5, 0.6) is 0 Å². The maximum atomic E-state index is 13.1. The molecule has 0 aliphatic rings. The van der Waals surface area contributed by atoms with Crippen LogP contribution >= 0.6 is 0 Å². The van der Waals surface area contributed by atoms with Crippen molar-refractivity contribution in [1.29, 1.82) is 0 Å². The van der Waals surface area contributed by atoms with Crippen molar-refractivity contribution in [2.75, 3.05) is 0 Å². The zero-order chi connectivity index (χ0) is 17.3. The van der Waals surface area contributed by atoms with Crippen LogP contribution in [0.3, 0.4) is 0 Å². The molecule has 6 nitrogen and oxygen atoms in total. The fourth-order valence-electron chi connectivity index (χ4n) is 2.78. The molecule has 6 heteroatoms. The summed E-state index contributed by atoms with van der Waals surface area (Å²) in [7, 11) is 0. The number of carboxylic acid groups (broad SMARTS) is 1. The Kier molecular flexibility index (Phi) is 4.04. The van der Waals surface area contributed by atoms with Crippen molar-refractivity contribution in [3.8, 4) is 5.69 Å². The van der Waals surface area contributed by atoms with Crippen molar-refractivity contribution in [3.05, 3.63) is 70.3 Å². The number of para-hydroxylation sites is 1. The molecule has 0 radical (unpaired) electrons. The average molecular weight is 323 g/mol. The molecule has 0 fully saturated rings. The smallest absolute Gasteiger partial charge is 0.405 e. The van der Waals surface area contributed by atoms with Crippen molar-refractivity contribution in [2.24, 2.45) is 0 Å². The molecular formula is C18H17N3O3. The van der Waals surface area contributed by atoms with Crippen LogP contribution in [-0.4, -0.2) is 20.8 Å². The highest BCUT2D eigenvalue weighted by molar-refractivity contribution is 5.81. The Morgan fingerprint density at radius 3 is 2.54 bits per heavy atom. The maximum Gasteiger partial charge on any atom is 0.405 e. The molecule has 1 atom stereocenters. The highest BCUT2D eigenvalue weighted by Gasteiger charge is 2.19. The second kappa shape index (κ2) is 6.16. The Labute approximate surface area is 138 Å². The second-order valence-electron chi connectivity index (χ2n) is 5.59. The van der Waals surface area contributed by atoms with Gasteiger partial charge in [0.1, 0.15) is 5.82 Å². The van der Waals surface area contributed by atoms with Crippen LogP contribution in [0, 0.1) is 6.92 Å². The summed E-state index contributed by atoms with van der Waals surface area (Å²) in [6, 6.07) is 13.9. The summed E-state index contributed by atoms with van der Waals surface area (Å²) in [5.41, 5.74) is 1.83. The summed E-state index contributed by atoms with van der Waals surface area (Å²) in [5.74, 6) is 0.353. The molecule has 0 saturated heterocycles. The van der Waals surface area contributed by atoms with E-state index in [1.807, 2.05) is 37.3 Å². The lowest BCUT2D eigenvalue weighted by atomic mass is 10.1. The second-order valence-corrected chi connectivity index (χ2v) is 5.59. The Hall–Kier alpha value is -3.15. The highest BCUT2D eigenvalue weighted by atomic mass is 16.4. The van der Waals surface area contributed by atoms with Gasteiger partial charge in [0.05, 0.1) is 22.6 Å². The molecule has 0 spiro atoms. The van der Waals surface area contributed by atoms with Crippen LogP contribution in [-0.2, 0) is 0 Å². The van der Waals surface area contributed by atoms with Crippen LogP contribution in [0.1, 0.15) is 24.4 Å². The fourth-order valence-corrected chi connectivity index (χ4v) is 2.78. The first kappa shape index (κ1) is 15.7. The summed E-state index contributed by atoms with van der Waals surface area (Å²) < 4.78 is 1.47. The largest absolute Gasteiger partial charge is 0.465 e. The first-order valence-corrected chi connectivity index (χ1v) is 7.56. The van der Waals surface area contributed by atoms with Crippen LogP contribution in [0.4, 0.5) is 4.79 Å². The molecule has 0 aliphatic carbocycles. The van der Waals surface area contributed by atoms with Crippen molar-refractivity contribution in [1.82, 2.24) is 14.9 Å². The zero-order valence-corrected chi connectivity index (χ0v) is 13.4. The molecule has 1 unspecified atom stereocenters. The quantitative estimate of drug-likeness (QED) is 0.776. The van der Waals surface area contributed by atoms with E-state index in [0.29, 0.717) is 22.4 Å². The van der Waals surface area contributed by atoms with Crippen LogP contribution in [0.15, 0.2) is 53.3 Å². The number of aryl methyl sites for hydroxylation is 1. The van der Waals surface area contributed by atoms with Gasteiger partial charge in [0.15, 0.2) is 0 Å². The van der Waals surface area contributed by atoms with E-state index < -0.39 is 12.1 Å². The van der Waals surface area contributed by atoms with Crippen LogP contribution in [0.2, 0.25) is 0 Å². The van der Waals surface area contributed by atoms with E-state index >= 15 is 0 Å². The van der Waals surface area contributed by atoms with E-state index in [2.05, 4.69) is 10.3 Å². The summed E-state index contributed by atoms with van der Waals surface area (Å²) in [6.45, 7) is 3.52. The lowest BCUT2D eigenvalue weighted by Crippen LogP contribution is -2.32. The number of nitrogens with zero attached hydrogens (tertiary/aromatic N) is 2.